The van der Waals surface area contributed by atoms with Crippen LogP contribution in [0.2, 0.25) is 0 Å². The summed E-state index contributed by atoms with van der Waals surface area (Å²) in [6.45, 7) is 2.23. The van der Waals surface area contributed by atoms with Gasteiger partial charge in [0.15, 0.2) is 0 Å². The molecule has 0 bridgehead atoms. The van der Waals surface area contributed by atoms with Crippen molar-refractivity contribution in [3.63, 3.8) is 0 Å². The van der Waals surface area contributed by atoms with E-state index in [2.05, 4.69) is 20.2 Å². The van der Waals surface area contributed by atoms with Gasteiger partial charge in [0.25, 0.3) is 0 Å². The third-order valence-electron chi connectivity index (χ3n) is 4.94. The average Bonchev–Trinajstić information content (AvgIpc) is 3.40. The smallest absolute Gasteiger partial charge is 0.228 e. The summed E-state index contributed by atoms with van der Waals surface area (Å²) < 4.78 is 40.3. The van der Waals surface area contributed by atoms with Crippen molar-refractivity contribution in [2.75, 3.05) is 5.75 Å². The largest absolute Gasteiger partial charge is 0.320 e. The fraction of sp³-hybridized carbons (Fsp3) is 0.150. The Balaban J connectivity index is 1.62. The van der Waals surface area contributed by atoms with Crippen molar-refractivity contribution in [3.8, 4) is 33.8 Å². The van der Waals surface area contributed by atoms with Crippen molar-refractivity contribution in [1.82, 2.24) is 24.7 Å². The van der Waals surface area contributed by atoms with Crippen molar-refractivity contribution in [3.05, 3.63) is 60.3 Å². The van der Waals surface area contributed by atoms with Crippen LogP contribution in [0.4, 0.5) is 4.39 Å². The molecule has 0 aliphatic carbocycles. The molecule has 0 saturated heterocycles. The molecule has 1 aliphatic heterocycles. The van der Waals surface area contributed by atoms with Gasteiger partial charge in [0.05, 0.1) is 17.1 Å². The number of H-pyrrole nitrogens is 1. The Hall–Kier alpha value is -3.33. The lowest BCUT2D eigenvalue weighted by atomic mass is 10.0. The highest BCUT2D eigenvalue weighted by Crippen LogP contribution is 2.34. The van der Waals surface area contributed by atoms with E-state index in [-0.39, 0.29) is 16.5 Å². The lowest BCUT2D eigenvalue weighted by molar-refractivity contribution is 0.594. The zero-order valence-electron chi connectivity index (χ0n) is 15.4. The maximum Gasteiger partial charge on any atom is 0.228 e. The number of hydrogen-bond acceptors (Lipinski definition) is 5. The number of benzene rings is 1. The first-order chi connectivity index (χ1) is 13.9. The Morgan fingerprint density at radius 1 is 1.10 bits per heavy atom. The molecule has 1 aliphatic rings. The van der Waals surface area contributed by atoms with Gasteiger partial charge in [-0.1, -0.05) is 12.1 Å². The van der Waals surface area contributed by atoms with Gasteiger partial charge in [-0.2, -0.15) is 5.10 Å². The molecule has 4 aromatic rings. The number of imidazole rings is 1. The molecule has 146 valence electrons. The molecule has 0 amide bonds. The van der Waals surface area contributed by atoms with Gasteiger partial charge in [0.2, 0.25) is 15.0 Å². The highest BCUT2D eigenvalue weighted by Gasteiger charge is 2.30. The van der Waals surface area contributed by atoms with Crippen LogP contribution in [-0.4, -0.2) is 38.9 Å². The molecule has 9 heteroatoms. The van der Waals surface area contributed by atoms with Crippen molar-refractivity contribution in [2.24, 2.45) is 0 Å². The molecule has 7 nitrogen and oxygen atoms in total. The molecule has 0 saturated carbocycles. The molecule has 5 rings (SSSR count). The third-order valence-corrected chi connectivity index (χ3v) is 6.55. The zero-order chi connectivity index (χ0) is 20.2. The molecule has 4 heterocycles. The number of aryl methyl sites for hydroxylation is 2. The number of sulfone groups is 1. The van der Waals surface area contributed by atoms with E-state index in [1.165, 1.54) is 6.07 Å². The van der Waals surface area contributed by atoms with E-state index >= 15 is 0 Å². The monoisotopic (exact) mass is 409 g/mol. The fourth-order valence-electron chi connectivity index (χ4n) is 3.52. The lowest BCUT2D eigenvalue weighted by Crippen LogP contribution is -2.00. The molecule has 0 atom stereocenters. The van der Waals surface area contributed by atoms with E-state index in [1.54, 1.807) is 29.1 Å². The Kier molecular flexibility index (Phi) is 3.88. The van der Waals surface area contributed by atoms with Crippen LogP contribution < -0.4 is 0 Å². The first kappa shape index (κ1) is 17.7. The molecular weight excluding hydrogens is 393 g/mol. The van der Waals surface area contributed by atoms with Crippen LogP contribution in [0.3, 0.4) is 0 Å². The fourth-order valence-corrected chi connectivity index (χ4v) is 4.87. The minimum Gasteiger partial charge on any atom is -0.320 e. The molecule has 1 aromatic carbocycles. The van der Waals surface area contributed by atoms with Gasteiger partial charge in [-0.25, -0.2) is 17.8 Å². The summed E-state index contributed by atoms with van der Waals surface area (Å²) >= 11 is 0. The number of fused-ring (bicyclic) bond motifs is 1. The van der Waals surface area contributed by atoms with Crippen LogP contribution in [0.5, 0.6) is 0 Å². The topological polar surface area (TPSA) is 93.5 Å². The number of pyridine rings is 1. The normalized spacial score (nSPS) is 14.8. The second-order valence-corrected chi connectivity index (χ2v) is 8.93. The predicted molar refractivity (Wildman–Crippen MR) is 105 cm³/mol. The summed E-state index contributed by atoms with van der Waals surface area (Å²) in [6.07, 6.45) is 3.31. The summed E-state index contributed by atoms with van der Waals surface area (Å²) in [6, 6.07) is 10.3. The number of nitrogens with zero attached hydrogens (tertiary/aromatic N) is 4. The first-order valence-corrected chi connectivity index (χ1v) is 10.7. The van der Waals surface area contributed by atoms with Crippen molar-refractivity contribution < 1.29 is 12.8 Å². The molecule has 3 aromatic heterocycles. The number of aromatic amines is 1. The van der Waals surface area contributed by atoms with E-state index in [0.29, 0.717) is 23.6 Å². The Bertz CT molecular complexity index is 1360. The molecular formula is C20H16FN5O2S. The Morgan fingerprint density at radius 2 is 1.97 bits per heavy atom. The molecule has 0 radical (unpaired) electrons. The maximum absolute atomic E-state index is 14.6. The summed E-state index contributed by atoms with van der Waals surface area (Å²) in [7, 11) is -3.40. The Labute approximate surface area is 166 Å². The SMILES string of the molecule is Cc1cccc(-c2n[nH]cc2-c2ccc(F)c(-c3cn4c(n3)S(=O)(=O)CC4)c2)n1. The van der Waals surface area contributed by atoms with E-state index in [1.807, 2.05) is 25.1 Å². The Morgan fingerprint density at radius 3 is 2.76 bits per heavy atom. The molecule has 0 spiro atoms. The first-order valence-electron chi connectivity index (χ1n) is 9.00. The average molecular weight is 409 g/mol. The van der Waals surface area contributed by atoms with Gasteiger partial charge in [0, 0.05) is 35.8 Å². The standard InChI is InChI=1S/C20H16FN5O2S/c1-12-3-2-4-17(23-12)19-15(10-22-25-19)13-5-6-16(21)14(9-13)18-11-26-7-8-29(27,28)20(26)24-18/h2-6,9-11H,7-8H2,1H3,(H,22,25). The van der Waals surface area contributed by atoms with Crippen molar-refractivity contribution in [2.45, 2.75) is 18.6 Å². The summed E-state index contributed by atoms with van der Waals surface area (Å²) in [5.41, 5.74) is 4.25. The minimum absolute atomic E-state index is 0.00901. The molecule has 29 heavy (non-hydrogen) atoms. The number of rotatable bonds is 3. The number of nitrogens with one attached hydrogen (secondary N) is 1. The van der Waals surface area contributed by atoms with Gasteiger partial charge in [0.1, 0.15) is 11.5 Å². The minimum atomic E-state index is -3.40. The predicted octanol–water partition coefficient (Wildman–Crippen LogP) is 3.24. The van der Waals surface area contributed by atoms with Gasteiger partial charge in [-0.15, -0.1) is 0 Å². The van der Waals surface area contributed by atoms with Crippen LogP contribution in [0, 0.1) is 12.7 Å². The van der Waals surface area contributed by atoms with Crippen LogP contribution in [-0.2, 0) is 16.4 Å². The maximum atomic E-state index is 14.6. The van der Waals surface area contributed by atoms with Crippen LogP contribution in [0.15, 0.2) is 53.9 Å². The highest BCUT2D eigenvalue weighted by atomic mass is 32.2. The van der Waals surface area contributed by atoms with Crippen molar-refractivity contribution in [1.29, 1.82) is 0 Å². The zero-order valence-corrected chi connectivity index (χ0v) is 16.2. The summed E-state index contributed by atoms with van der Waals surface area (Å²) in [5.74, 6) is -0.443. The van der Waals surface area contributed by atoms with E-state index < -0.39 is 15.7 Å². The van der Waals surface area contributed by atoms with E-state index in [0.717, 1.165) is 16.8 Å². The van der Waals surface area contributed by atoms with Crippen molar-refractivity contribution >= 4 is 9.84 Å². The van der Waals surface area contributed by atoms with Crippen LogP contribution >= 0.6 is 0 Å². The summed E-state index contributed by atoms with van der Waals surface area (Å²) in [4.78, 5) is 8.70. The van der Waals surface area contributed by atoms with E-state index in [9.17, 15) is 12.8 Å². The second kappa shape index (κ2) is 6.35. The van der Waals surface area contributed by atoms with Gasteiger partial charge in [-0.3, -0.25) is 10.1 Å². The van der Waals surface area contributed by atoms with E-state index in [4.69, 9.17) is 0 Å². The quantitative estimate of drug-likeness (QED) is 0.561. The van der Waals surface area contributed by atoms with Gasteiger partial charge in [-0.05, 0) is 36.8 Å². The third kappa shape index (κ3) is 2.94. The number of aromatic nitrogens is 5. The van der Waals surface area contributed by atoms with Crippen LogP contribution in [0.1, 0.15) is 5.69 Å². The molecule has 0 fully saturated rings. The molecule has 1 N–H and O–H groups in total. The van der Waals surface area contributed by atoms with Gasteiger partial charge >= 0.3 is 0 Å². The number of halogens is 1. The second-order valence-electron chi connectivity index (χ2n) is 6.93. The highest BCUT2D eigenvalue weighted by molar-refractivity contribution is 7.91. The number of hydrogen-bond donors (Lipinski definition) is 1. The lowest BCUT2D eigenvalue weighted by Gasteiger charge is -2.06. The van der Waals surface area contributed by atoms with Gasteiger partial charge < -0.3 is 4.57 Å². The molecule has 0 unspecified atom stereocenters. The summed E-state index contributed by atoms with van der Waals surface area (Å²) in [5, 5.41) is 7.15. The van der Waals surface area contributed by atoms with Crippen LogP contribution in [0.25, 0.3) is 33.8 Å².